The highest BCUT2D eigenvalue weighted by atomic mass is 35.5. The van der Waals surface area contributed by atoms with Gasteiger partial charge in [-0.1, -0.05) is 32.4 Å². The zero-order chi connectivity index (χ0) is 37.2. The smallest absolute Gasteiger partial charge is 0.247 e. The summed E-state index contributed by atoms with van der Waals surface area (Å²) < 4.78 is 5.67. The van der Waals surface area contributed by atoms with Gasteiger partial charge in [-0.25, -0.2) is 9.97 Å². The predicted octanol–water partition coefficient (Wildman–Crippen LogP) is 4.64. The molecule has 6 rings (SSSR count). The van der Waals surface area contributed by atoms with Gasteiger partial charge in [0.15, 0.2) is 0 Å². The SMILES string of the molecule is CNC(C)C(=O)NC(C(=O)N1CCCC1C(=O)Nc1cc2c(Nc3ccc(N4CCN(CC5CC5)CC4)c(Cl)c3)ncnc2cc1OC)C(C)(C)C. The van der Waals surface area contributed by atoms with Gasteiger partial charge in [-0.2, -0.15) is 0 Å². The number of methoxy groups -OCH3 is 1. The van der Waals surface area contributed by atoms with Crippen molar-refractivity contribution >= 4 is 63.1 Å². The Kier molecular flexibility index (Phi) is 11.4. The predicted molar refractivity (Wildman–Crippen MR) is 205 cm³/mol. The van der Waals surface area contributed by atoms with Crippen LogP contribution >= 0.6 is 11.6 Å². The lowest BCUT2D eigenvalue weighted by atomic mass is 9.85. The van der Waals surface area contributed by atoms with Crippen LogP contribution in [0.3, 0.4) is 0 Å². The molecule has 3 atom stereocenters. The van der Waals surface area contributed by atoms with Gasteiger partial charge in [-0.05, 0) is 75.3 Å². The number of rotatable bonds is 12. The number of nitrogens with one attached hydrogen (secondary N) is 4. The molecule has 0 spiro atoms. The van der Waals surface area contributed by atoms with Crippen molar-refractivity contribution in [1.82, 2.24) is 30.4 Å². The van der Waals surface area contributed by atoms with Crippen molar-refractivity contribution in [2.45, 2.75) is 71.5 Å². The van der Waals surface area contributed by atoms with Gasteiger partial charge in [0, 0.05) is 56.4 Å². The summed E-state index contributed by atoms with van der Waals surface area (Å²) in [6.07, 6.45) is 5.37. The third-order valence-corrected chi connectivity index (χ3v) is 10.7. The highest BCUT2D eigenvalue weighted by molar-refractivity contribution is 6.33. The molecule has 2 saturated heterocycles. The van der Waals surface area contributed by atoms with Crippen molar-refractivity contribution in [3.05, 3.63) is 41.7 Å². The topological polar surface area (TPSA) is 144 Å². The van der Waals surface area contributed by atoms with Crippen LogP contribution in [0, 0.1) is 11.3 Å². The van der Waals surface area contributed by atoms with E-state index in [1.807, 2.05) is 39.0 Å². The molecule has 2 aliphatic heterocycles. The summed E-state index contributed by atoms with van der Waals surface area (Å²) in [5.74, 6) is 0.950. The number of fused-ring (bicyclic) bond motifs is 1. The third kappa shape index (κ3) is 8.53. The van der Waals surface area contributed by atoms with E-state index in [9.17, 15) is 14.4 Å². The zero-order valence-electron chi connectivity index (χ0n) is 31.1. The van der Waals surface area contributed by atoms with E-state index in [0.717, 1.165) is 43.5 Å². The van der Waals surface area contributed by atoms with Crippen LogP contribution in [0.25, 0.3) is 10.9 Å². The highest BCUT2D eigenvalue weighted by Gasteiger charge is 2.42. The lowest BCUT2D eigenvalue weighted by Gasteiger charge is -2.36. The molecule has 2 aromatic carbocycles. The minimum atomic E-state index is -0.810. The van der Waals surface area contributed by atoms with E-state index in [1.165, 1.54) is 32.8 Å². The molecular weight excluding hydrogens is 682 g/mol. The van der Waals surface area contributed by atoms with Gasteiger partial charge < -0.3 is 35.8 Å². The molecule has 3 fully saturated rings. The number of benzene rings is 2. The maximum Gasteiger partial charge on any atom is 0.247 e. The minimum absolute atomic E-state index is 0.279. The number of anilines is 4. The van der Waals surface area contributed by atoms with Crippen LogP contribution in [0.1, 0.15) is 53.4 Å². The van der Waals surface area contributed by atoms with Crippen molar-refractivity contribution in [1.29, 1.82) is 0 Å². The second-order valence-electron chi connectivity index (χ2n) is 15.3. The number of piperazine rings is 1. The van der Waals surface area contributed by atoms with E-state index < -0.39 is 23.5 Å². The highest BCUT2D eigenvalue weighted by Crippen LogP contribution is 2.36. The molecule has 3 aliphatic rings. The lowest BCUT2D eigenvalue weighted by Crippen LogP contribution is -2.59. The first-order valence-electron chi connectivity index (χ1n) is 18.3. The molecular formula is C38H52ClN9O4. The number of ether oxygens (including phenoxy) is 1. The number of nitrogens with zero attached hydrogens (tertiary/aromatic N) is 5. The maximum absolute atomic E-state index is 14.0. The van der Waals surface area contributed by atoms with Crippen LogP contribution in [-0.4, -0.2) is 109 Å². The van der Waals surface area contributed by atoms with Crippen molar-refractivity contribution < 1.29 is 19.1 Å². The normalized spacial score (nSPS) is 19.3. The quantitative estimate of drug-likeness (QED) is 0.208. The summed E-state index contributed by atoms with van der Waals surface area (Å²) in [5, 5.41) is 13.6. The van der Waals surface area contributed by atoms with E-state index in [-0.39, 0.29) is 17.7 Å². The lowest BCUT2D eigenvalue weighted by molar-refractivity contribution is -0.143. The molecule has 3 amide bonds. The molecule has 3 heterocycles. The summed E-state index contributed by atoms with van der Waals surface area (Å²) in [4.78, 5) is 56.1. The second kappa shape index (κ2) is 15.8. The van der Waals surface area contributed by atoms with Crippen molar-refractivity contribution in [2.75, 3.05) is 69.0 Å². The van der Waals surface area contributed by atoms with Crippen molar-refractivity contribution in [3.8, 4) is 5.75 Å². The molecule has 280 valence electrons. The van der Waals surface area contributed by atoms with Crippen LogP contribution in [0.15, 0.2) is 36.7 Å². The number of halogens is 1. The Balaban J connectivity index is 1.18. The number of likely N-dealkylation sites (tertiary alicyclic amines) is 1. The van der Waals surface area contributed by atoms with Crippen LogP contribution in [-0.2, 0) is 14.4 Å². The molecule has 0 radical (unpaired) electrons. The zero-order valence-corrected chi connectivity index (χ0v) is 31.8. The standard InChI is InChI=1S/C38H52ClN9O4/c1-23(40-5)35(49)45-33(38(2,3)4)37(51)48-13-7-8-31(48)36(50)44-29-19-26-28(20-32(29)52-6)41-22-42-34(26)43-25-11-12-30(27(39)18-25)47-16-14-46(15-17-47)21-24-9-10-24/h11-12,18-20,22-24,31,33,40H,7-10,13-17,21H2,1-6H3,(H,44,50)(H,45,49)(H,41,42,43). The van der Waals surface area contributed by atoms with E-state index in [2.05, 4.69) is 41.0 Å². The minimum Gasteiger partial charge on any atom is -0.494 e. The monoisotopic (exact) mass is 733 g/mol. The molecule has 1 saturated carbocycles. The van der Waals surface area contributed by atoms with Gasteiger partial charge >= 0.3 is 0 Å². The Morgan fingerprint density at radius 1 is 1.02 bits per heavy atom. The summed E-state index contributed by atoms with van der Waals surface area (Å²) in [6, 6.07) is 7.48. The van der Waals surface area contributed by atoms with Crippen LogP contribution in [0.4, 0.5) is 22.9 Å². The van der Waals surface area contributed by atoms with Crippen LogP contribution in [0.2, 0.25) is 5.02 Å². The Morgan fingerprint density at radius 3 is 2.42 bits per heavy atom. The Hall–Kier alpha value is -4.20. The van der Waals surface area contributed by atoms with Crippen LogP contribution < -0.4 is 30.9 Å². The van der Waals surface area contributed by atoms with E-state index in [4.69, 9.17) is 16.3 Å². The number of aromatic nitrogens is 2. The number of carbonyl (C=O) groups excluding carboxylic acids is 3. The number of hydrogen-bond donors (Lipinski definition) is 4. The Morgan fingerprint density at radius 2 is 1.77 bits per heavy atom. The van der Waals surface area contributed by atoms with Crippen molar-refractivity contribution in [3.63, 3.8) is 0 Å². The average molecular weight is 734 g/mol. The first kappa shape index (κ1) is 37.6. The Bertz CT molecular complexity index is 1790. The van der Waals surface area contributed by atoms with Gasteiger partial charge in [0.1, 0.15) is 30.0 Å². The van der Waals surface area contributed by atoms with E-state index >= 15 is 0 Å². The summed E-state index contributed by atoms with van der Waals surface area (Å²) >= 11 is 6.84. The number of amides is 3. The van der Waals surface area contributed by atoms with Gasteiger partial charge in [-0.15, -0.1) is 0 Å². The number of hydrogen-bond acceptors (Lipinski definition) is 10. The summed E-state index contributed by atoms with van der Waals surface area (Å²) in [5.41, 5.74) is 2.26. The fourth-order valence-corrected chi connectivity index (χ4v) is 7.30. The molecule has 4 N–H and O–H groups in total. The molecule has 3 unspecified atom stereocenters. The van der Waals surface area contributed by atoms with Crippen LogP contribution in [0.5, 0.6) is 5.75 Å². The molecule has 0 bridgehead atoms. The number of carbonyl (C=O) groups is 3. The number of likely N-dealkylation sites (N-methyl/N-ethyl adjacent to an activating group) is 1. The Labute approximate surface area is 311 Å². The molecule has 1 aromatic heterocycles. The van der Waals surface area contributed by atoms with E-state index in [0.29, 0.717) is 52.6 Å². The summed E-state index contributed by atoms with van der Waals surface area (Å²) in [7, 11) is 3.22. The van der Waals surface area contributed by atoms with Crippen molar-refractivity contribution in [2.24, 2.45) is 11.3 Å². The molecule has 13 nitrogen and oxygen atoms in total. The molecule has 1 aliphatic carbocycles. The fraction of sp³-hybridized carbons (Fsp3) is 0.553. The van der Waals surface area contributed by atoms with Gasteiger partial charge in [0.2, 0.25) is 17.7 Å². The first-order valence-corrected chi connectivity index (χ1v) is 18.7. The second-order valence-corrected chi connectivity index (χ2v) is 15.7. The van der Waals surface area contributed by atoms with Gasteiger partial charge in [-0.3, -0.25) is 19.3 Å². The summed E-state index contributed by atoms with van der Waals surface area (Å²) in [6.45, 7) is 13.0. The molecule has 14 heteroatoms. The first-order chi connectivity index (χ1) is 24.9. The van der Waals surface area contributed by atoms with Gasteiger partial charge in [0.05, 0.1) is 35.1 Å². The molecule has 3 aromatic rings. The van der Waals surface area contributed by atoms with Gasteiger partial charge in [0.25, 0.3) is 0 Å². The average Bonchev–Trinajstić information content (AvgIpc) is 3.80. The third-order valence-electron chi connectivity index (χ3n) is 10.4. The maximum atomic E-state index is 14.0. The molecule has 52 heavy (non-hydrogen) atoms. The van der Waals surface area contributed by atoms with E-state index in [1.54, 1.807) is 31.0 Å². The fourth-order valence-electron chi connectivity index (χ4n) is 7.00. The largest absolute Gasteiger partial charge is 0.494 e.